The molecule has 70 valence electrons. The van der Waals surface area contributed by atoms with E-state index in [1.54, 1.807) is 14.1 Å². The molecule has 0 aliphatic rings. The largest absolute Gasteiger partial charge is 0.467 e. The highest BCUT2D eigenvalue weighted by molar-refractivity contribution is 5.77. The van der Waals surface area contributed by atoms with Crippen LogP contribution in [0.1, 0.15) is 0 Å². The van der Waals surface area contributed by atoms with Gasteiger partial charge in [0.25, 0.3) is 0 Å². The maximum atomic E-state index is 10.9. The van der Waals surface area contributed by atoms with Crippen LogP contribution in [0.25, 0.3) is 0 Å². The highest BCUT2D eigenvalue weighted by Gasteiger charge is 2.05. The molecule has 5 nitrogen and oxygen atoms in total. The van der Waals surface area contributed by atoms with Crippen LogP contribution < -0.4 is 0 Å². The number of likely N-dealkylation sites (N-methyl/N-ethyl adjacent to an activating group) is 1. The van der Waals surface area contributed by atoms with Gasteiger partial charge < -0.3 is 14.4 Å². The molecule has 0 heterocycles. The van der Waals surface area contributed by atoms with Gasteiger partial charge in [0.05, 0.1) is 7.11 Å². The lowest BCUT2D eigenvalue weighted by Gasteiger charge is -2.09. The summed E-state index contributed by atoms with van der Waals surface area (Å²) in [5, 5.41) is 0. The van der Waals surface area contributed by atoms with E-state index in [1.807, 2.05) is 0 Å². The quantitative estimate of drug-likeness (QED) is 0.528. The lowest BCUT2D eigenvalue weighted by molar-refractivity contribution is -0.148. The van der Waals surface area contributed by atoms with E-state index in [0.29, 0.717) is 0 Å². The molecular weight excluding hydrogens is 162 g/mol. The molecule has 0 saturated carbocycles. The molecule has 0 atom stereocenters. The van der Waals surface area contributed by atoms with Crippen LogP contribution in [0.5, 0.6) is 0 Å². The van der Waals surface area contributed by atoms with Gasteiger partial charge in [-0.25, -0.2) is 4.79 Å². The van der Waals surface area contributed by atoms with E-state index in [9.17, 15) is 9.59 Å². The molecule has 0 bridgehead atoms. The topological polar surface area (TPSA) is 55.8 Å². The third kappa shape index (κ3) is 4.68. The molecule has 1 amide bonds. The summed E-state index contributed by atoms with van der Waals surface area (Å²) in [6.45, 7) is -0.280. The van der Waals surface area contributed by atoms with Crippen molar-refractivity contribution in [1.82, 2.24) is 4.90 Å². The summed E-state index contributed by atoms with van der Waals surface area (Å²) < 4.78 is 9.05. The van der Waals surface area contributed by atoms with E-state index in [-0.39, 0.29) is 19.1 Å². The second-order valence-corrected chi connectivity index (χ2v) is 2.36. The fraction of sp³-hybridized carbons (Fsp3) is 0.714. The summed E-state index contributed by atoms with van der Waals surface area (Å²) in [4.78, 5) is 22.7. The van der Waals surface area contributed by atoms with Crippen molar-refractivity contribution in [2.75, 3.05) is 34.4 Å². The molecule has 12 heavy (non-hydrogen) atoms. The van der Waals surface area contributed by atoms with Gasteiger partial charge >= 0.3 is 5.97 Å². The molecule has 0 N–H and O–H groups in total. The van der Waals surface area contributed by atoms with Gasteiger partial charge in [0, 0.05) is 14.1 Å². The molecule has 0 fully saturated rings. The number of hydrogen-bond acceptors (Lipinski definition) is 4. The predicted molar refractivity (Wildman–Crippen MR) is 41.5 cm³/mol. The van der Waals surface area contributed by atoms with Crippen LogP contribution in [0.3, 0.4) is 0 Å². The summed E-state index contributed by atoms with van der Waals surface area (Å²) in [5.41, 5.74) is 0. The molecule has 0 radical (unpaired) electrons. The van der Waals surface area contributed by atoms with Crippen LogP contribution in [0.4, 0.5) is 0 Å². The number of hydrogen-bond donors (Lipinski definition) is 0. The summed E-state index contributed by atoms with van der Waals surface area (Å²) in [7, 11) is 4.49. The Morgan fingerprint density at radius 1 is 1.25 bits per heavy atom. The number of amides is 1. The van der Waals surface area contributed by atoms with Gasteiger partial charge in [0.15, 0.2) is 0 Å². The van der Waals surface area contributed by atoms with Crippen molar-refractivity contribution in [3.8, 4) is 0 Å². The average Bonchev–Trinajstić information content (AvgIpc) is 2.03. The standard InChI is InChI=1S/C7H13NO4/c1-8(2)6(9)4-12-5-7(10)11-3/h4-5H2,1-3H3. The van der Waals surface area contributed by atoms with Crippen molar-refractivity contribution >= 4 is 11.9 Å². The SMILES string of the molecule is COC(=O)COCC(=O)N(C)C. The molecule has 0 aromatic rings. The molecule has 0 rings (SSSR count). The Labute approximate surface area is 71.2 Å². The number of ether oxygens (including phenoxy) is 2. The highest BCUT2D eigenvalue weighted by Crippen LogP contribution is 1.83. The van der Waals surface area contributed by atoms with Gasteiger partial charge in [-0.15, -0.1) is 0 Å². The van der Waals surface area contributed by atoms with Gasteiger partial charge in [0.2, 0.25) is 5.91 Å². The molecule has 0 aliphatic heterocycles. The van der Waals surface area contributed by atoms with Gasteiger partial charge in [-0.2, -0.15) is 0 Å². The number of rotatable bonds is 4. The van der Waals surface area contributed by atoms with Crippen LogP contribution in [-0.2, 0) is 19.1 Å². The monoisotopic (exact) mass is 175 g/mol. The van der Waals surface area contributed by atoms with E-state index in [2.05, 4.69) is 4.74 Å². The van der Waals surface area contributed by atoms with Crippen LogP contribution in [-0.4, -0.2) is 51.2 Å². The Bertz CT molecular complexity index is 167. The van der Waals surface area contributed by atoms with Crippen molar-refractivity contribution < 1.29 is 19.1 Å². The van der Waals surface area contributed by atoms with E-state index < -0.39 is 5.97 Å². The first kappa shape index (κ1) is 10.9. The van der Waals surface area contributed by atoms with E-state index >= 15 is 0 Å². The summed E-state index contributed by atoms with van der Waals surface area (Å²) >= 11 is 0. The summed E-state index contributed by atoms with van der Waals surface area (Å²) in [5.74, 6) is -0.666. The Morgan fingerprint density at radius 2 is 1.83 bits per heavy atom. The Hall–Kier alpha value is -1.10. The van der Waals surface area contributed by atoms with Gasteiger partial charge in [-0.05, 0) is 0 Å². The van der Waals surface area contributed by atoms with E-state index in [4.69, 9.17) is 4.74 Å². The smallest absolute Gasteiger partial charge is 0.331 e. The molecule has 0 aromatic carbocycles. The summed E-state index contributed by atoms with van der Waals surface area (Å²) in [6.07, 6.45) is 0. The first-order valence-corrected chi connectivity index (χ1v) is 3.42. The minimum Gasteiger partial charge on any atom is -0.467 e. The lowest BCUT2D eigenvalue weighted by Crippen LogP contribution is -2.27. The zero-order valence-electron chi connectivity index (χ0n) is 7.49. The van der Waals surface area contributed by atoms with Crippen LogP contribution in [0.15, 0.2) is 0 Å². The molecule has 0 saturated heterocycles. The lowest BCUT2D eigenvalue weighted by atomic mass is 10.6. The molecule has 0 spiro atoms. The zero-order chi connectivity index (χ0) is 9.56. The first-order chi connectivity index (χ1) is 5.57. The van der Waals surface area contributed by atoms with Gasteiger partial charge in [-0.3, -0.25) is 4.79 Å². The number of esters is 1. The third-order valence-electron chi connectivity index (χ3n) is 1.17. The van der Waals surface area contributed by atoms with E-state index in [1.165, 1.54) is 12.0 Å². The van der Waals surface area contributed by atoms with Crippen LogP contribution in [0.2, 0.25) is 0 Å². The van der Waals surface area contributed by atoms with Gasteiger partial charge in [-0.1, -0.05) is 0 Å². The number of methoxy groups -OCH3 is 1. The van der Waals surface area contributed by atoms with Crippen molar-refractivity contribution in [1.29, 1.82) is 0 Å². The van der Waals surface area contributed by atoms with E-state index in [0.717, 1.165) is 0 Å². The van der Waals surface area contributed by atoms with Crippen LogP contribution >= 0.6 is 0 Å². The minimum absolute atomic E-state index is 0.0951. The van der Waals surface area contributed by atoms with Crippen molar-refractivity contribution in [3.05, 3.63) is 0 Å². The van der Waals surface area contributed by atoms with Crippen molar-refractivity contribution in [3.63, 3.8) is 0 Å². The van der Waals surface area contributed by atoms with Crippen molar-refractivity contribution in [2.45, 2.75) is 0 Å². The maximum Gasteiger partial charge on any atom is 0.331 e. The molecular formula is C7H13NO4. The van der Waals surface area contributed by atoms with Crippen molar-refractivity contribution in [2.24, 2.45) is 0 Å². The minimum atomic E-state index is -0.485. The predicted octanol–water partition coefficient (Wildman–Crippen LogP) is -0.736. The maximum absolute atomic E-state index is 10.9. The second-order valence-electron chi connectivity index (χ2n) is 2.36. The molecule has 5 heteroatoms. The normalized spacial score (nSPS) is 9.25. The average molecular weight is 175 g/mol. The molecule has 0 unspecified atom stereocenters. The summed E-state index contributed by atoms with van der Waals surface area (Å²) in [6, 6.07) is 0. The highest BCUT2D eigenvalue weighted by atomic mass is 16.6. The fourth-order valence-corrected chi connectivity index (χ4v) is 0.410. The third-order valence-corrected chi connectivity index (χ3v) is 1.17. The van der Waals surface area contributed by atoms with Gasteiger partial charge in [0.1, 0.15) is 13.2 Å². The second kappa shape index (κ2) is 5.54. The Kier molecular flexibility index (Phi) is 5.03. The number of carbonyl (C=O) groups excluding carboxylic acids is 2. The Balaban J connectivity index is 3.44. The fourth-order valence-electron chi connectivity index (χ4n) is 0.410. The molecule has 0 aromatic heterocycles. The number of nitrogens with zero attached hydrogens (tertiary/aromatic N) is 1. The Morgan fingerprint density at radius 3 is 2.25 bits per heavy atom. The first-order valence-electron chi connectivity index (χ1n) is 3.42. The molecule has 0 aliphatic carbocycles. The number of carbonyl (C=O) groups is 2. The van der Waals surface area contributed by atoms with Crippen LogP contribution in [0, 0.1) is 0 Å². The zero-order valence-corrected chi connectivity index (χ0v) is 7.49.